The molecule has 0 fully saturated rings. The van der Waals surface area contributed by atoms with Crippen LogP contribution in [0.1, 0.15) is 0 Å². The molecule has 10 aromatic rings. The molecule has 0 bridgehead atoms. The highest BCUT2D eigenvalue weighted by molar-refractivity contribution is 6.17. The highest BCUT2D eigenvalue weighted by Crippen LogP contribution is 2.42. The molecule has 0 saturated heterocycles. The normalized spacial score (nSPS) is 11.5. The Kier molecular flexibility index (Phi) is 6.78. The van der Waals surface area contributed by atoms with E-state index in [1.807, 2.05) is 48.5 Å². The summed E-state index contributed by atoms with van der Waals surface area (Å²) >= 11 is 0. The van der Waals surface area contributed by atoms with Gasteiger partial charge in [-0.1, -0.05) is 109 Å². The number of furan rings is 1. The third kappa shape index (κ3) is 5.13. The standard InChI is InChI=1S/C47H30N2O2/c1-3-10-31(11-4-1)33-20-22-38(23-21-33)49(39-17-9-16-36(29-39)37-19-18-32-12-7-8-15-35(32)28-37)40-24-25-42-41(30-40)45-43(50-42)26-27-44-46(45)48-47(51-44)34-13-5-2-6-14-34/h1-30H. The average Bonchev–Trinajstić information content (AvgIpc) is 3.81. The van der Waals surface area contributed by atoms with Crippen LogP contribution in [-0.4, -0.2) is 4.98 Å². The summed E-state index contributed by atoms with van der Waals surface area (Å²) in [5.74, 6) is 0.592. The molecule has 0 aliphatic heterocycles. The fourth-order valence-electron chi connectivity index (χ4n) is 7.16. The van der Waals surface area contributed by atoms with Crippen LogP contribution in [0.5, 0.6) is 0 Å². The van der Waals surface area contributed by atoms with Gasteiger partial charge >= 0.3 is 0 Å². The highest BCUT2D eigenvalue weighted by Gasteiger charge is 2.20. The molecule has 0 amide bonds. The molecule has 4 heteroatoms. The van der Waals surface area contributed by atoms with Gasteiger partial charge in [0.05, 0.1) is 5.39 Å². The number of hydrogen-bond donors (Lipinski definition) is 0. The summed E-state index contributed by atoms with van der Waals surface area (Å²) in [5.41, 5.74) is 11.8. The van der Waals surface area contributed by atoms with Crippen LogP contribution in [0.2, 0.25) is 0 Å². The molecule has 0 N–H and O–H groups in total. The summed E-state index contributed by atoms with van der Waals surface area (Å²) in [5, 5.41) is 4.38. The van der Waals surface area contributed by atoms with Gasteiger partial charge in [-0.15, -0.1) is 0 Å². The van der Waals surface area contributed by atoms with Gasteiger partial charge in [-0.25, -0.2) is 4.98 Å². The van der Waals surface area contributed by atoms with Crippen LogP contribution in [0.3, 0.4) is 0 Å². The minimum absolute atomic E-state index is 0.592. The lowest BCUT2D eigenvalue weighted by atomic mass is 10.00. The fraction of sp³-hybridized carbons (Fsp3) is 0. The molecule has 240 valence electrons. The van der Waals surface area contributed by atoms with E-state index in [2.05, 4.69) is 138 Å². The van der Waals surface area contributed by atoms with Gasteiger partial charge in [0.15, 0.2) is 5.58 Å². The quantitative estimate of drug-likeness (QED) is 0.179. The predicted octanol–water partition coefficient (Wildman–Crippen LogP) is 13.4. The number of aromatic nitrogens is 1. The van der Waals surface area contributed by atoms with E-state index in [-0.39, 0.29) is 0 Å². The van der Waals surface area contributed by atoms with Crippen molar-refractivity contribution in [3.8, 4) is 33.7 Å². The van der Waals surface area contributed by atoms with E-state index in [9.17, 15) is 0 Å². The molecule has 2 heterocycles. The van der Waals surface area contributed by atoms with Gasteiger partial charge in [-0.3, -0.25) is 0 Å². The van der Waals surface area contributed by atoms with Gasteiger partial charge < -0.3 is 13.7 Å². The monoisotopic (exact) mass is 654 g/mol. The van der Waals surface area contributed by atoms with Crippen molar-refractivity contribution in [2.75, 3.05) is 4.90 Å². The Morgan fingerprint density at radius 3 is 1.80 bits per heavy atom. The van der Waals surface area contributed by atoms with Crippen molar-refractivity contribution in [3.05, 3.63) is 182 Å². The molecule has 0 atom stereocenters. The van der Waals surface area contributed by atoms with Crippen LogP contribution in [0.4, 0.5) is 17.1 Å². The summed E-state index contributed by atoms with van der Waals surface area (Å²) in [4.78, 5) is 7.30. The number of fused-ring (bicyclic) bond motifs is 6. The number of hydrogen-bond acceptors (Lipinski definition) is 4. The lowest BCUT2D eigenvalue weighted by Gasteiger charge is -2.26. The third-order valence-electron chi connectivity index (χ3n) is 9.67. The summed E-state index contributed by atoms with van der Waals surface area (Å²) in [6, 6.07) is 63.6. The summed E-state index contributed by atoms with van der Waals surface area (Å²) < 4.78 is 12.7. The minimum Gasteiger partial charge on any atom is -0.456 e. The zero-order valence-electron chi connectivity index (χ0n) is 27.5. The molecule has 0 radical (unpaired) electrons. The van der Waals surface area contributed by atoms with Gasteiger partial charge in [0.25, 0.3) is 0 Å². The van der Waals surface area contributed by atoms with Crippen molar-refractivity contribution in [2.45, 2.75) is 0 Å². The van der Waals surface area contributed by atoms with E-state index in [0.717, 1.165) is 61.2 Å². The third-order valence-corrected chi connectivity index (χ3v) is 9.67. The fourth-order valence-corrected chi connectivity index (χ4v) is 7.16. The second kappa shape index (κ2) is 11.9. The molecular weight excluding hydrogens is 625 g/mol. The molecule has 2 aromatic heterocycles. The van der Waals surface area contributed by atoms with E-state index < -0.39 is 0 Å². The summed E-state index contributed by atoms with van der Waals surface area (Å²) in [6.45, 7) is 0. The molecular formula is C47H30N2O2. The van der Waals surface area contributed by atoms with E-state index in [1.165, 1.54) is 27.5 Å². The Morgan fingerprint density at radius 2 is 0.980 bits per heavy atom. The lowest BCUT2D eigenvalue weighted by molar-refractivity contribution is 0.619. The maximum Gasteiger partial charge on any atom is 0.227 e. The summed E-state index contributed by atoms with van der Waals surface area (Å²) in [7, 11) is 0. The van der Waals surface area contributed by atoms with Crippen LogP contribution in [-0.2, 0) is 0 Å². The molecule has 0 saturated carbocycles. The smallest absolute Gasteiger partial charge is 0.227 e. The Morgan fingerprint density at radius 1 is 0.373 bits per heavy atom. The topological polar surface area (TPSA) is 42.4 Å². The van der Waals surface area contributed by atoms with Crippen molar-refractivity contribution in [1.82, 2.24) is 4.98 Å². The zero-order valence-corrected chi connectivity index (χ0v) is 27.5. The number of oxazole rings is 1. The van der Waals surface area contributed by atoms with Gasteiger partial charge in [-0.2, -0.15) is 0 Å². The Labute approximate surface area is 294 Å². The Bertz CT molecular complexity index is 2850. The van der Waals surface area contributed by atoms with Gasteiger partial charge in [-0.05, 0) is 106 Å². The van der Waals surface area contributed by atoms with Crippen molar-refractivity contribution in [1.29, 1.82) is 0 Å². The molecule has 0 aliphatic rings. The van der Waals surface area contributed by atoms with Crippen molar-refractivity contribution in [3.63, 3.8) is 0 Å². The van der Waals surface area contributed by atoms with E-state index in [1.54, 1.807) is 0 Å². The molecule has 0 aliphatic carbocycles. The molecule has 4 nitrogen and oxygen atoms in total. The second-order valence-electron chi connectivity index (χ2n) is 12.8. The first-order valence-corrected chi connectivity index (χ1v) is 17.1. The van der Waals surface area contributed by atoms with E-state index >= 15 is 0 Å². The Hall–Kier alpha value is -6.91. The predicted molar refractivity (Wildman–Crippen MR) is 210 cm³/mol. The Balaban J connectivity index is 1.14. The van der Waals surface area contributed by atoms with Crippen molar-refractivity contribution < 1.29 is 8.83 Å². The first kappa shape index (κ1) is 29.0. The molecule has 0 unspecified atom stereocenters. The SMILES string of the molecule is c1ccc(-c2ccc(N(c3cccc(-c4ccc5ccccc5c4)c3)c3ccc4oc5ccc6oc(-c7ccccc7)nc6c5c4c3)cc2)cc1. The number of anilines is 3. The number of nitrogens with zero attached hydrogens (tertiary/aromatic N) is 2. The van der Waals surface area contributed by atoms with Crippen LogP contribution in [0.15, 0.2) is 191 Å². The average molecular weight is 655 g/mol. The van der Waals surface area contributed by atoms with Crippen LogP contribution < -0.4 is 4.90 Å². The van der Waals surface area contributed by atoms with Crippen molar-refractivity contribution in [2.24, 2.45) is 0 Å². The maximum atomic E-state index is 6.40. The van der Waals surface area contributed by atoms with Gasteiger partial charge in [0, 0.05) is 28.0 Å². The van der Waals surface area contributed by atoms with E-state index in [0.29, 0.717) is 5.89 Å². The largest absolute Gasteiger partial charge is 0.456 e. The highest BCUT2D eigenvalue weighted by atomic mass is 16.4. The number of benzene rings is 8. The maximum absolute atomic E-state index is 6.40. The molecule has 10 rings (SSSR count). The van der Waals surface area contributed by atoms with Crippen LogP contribution in [0, 0.1) is 0 Å². The van der Waals surface area contributed by atoms with Crippen LogP contribution >= 0.6 is 0 Å². The first-order valence-electron chi connectivity index (χ1n) is 17.1. The minimum atomic E-state index is 0.592. The first-order chi connectivity index (χ1) is 25.2. The zero-order chi connectivity index (χ0) is 33.7. The molecule has 0 spiro atoms. The molecule has 51 heavy (non-hydrogen) atoms. The number of rotatable bonds is 6. The van der Waals surface area contributed by atoms with E-state index in [4.69, 9.17) is 13.8 Å². The van der Waals surface area contributed by atoms with Crippen molar-refractivity contribution >= 4 is 60.9 Å². The second-order valence-corrected chi connectivity index (χ2v) is 12.8. The summed E-state index contributed by atoms with van der Waals surface area (Å²) in [6.07, 6.45) is 0. The lowest BCUT2D eigenvalue weighted by Crippen LogP contribution is -2.10. The van der Waals surface area contributed by atoms with Gasteiger partial charge in [0.2, 0.25) is 5.89 Å². The van der Waals surface area contributed by atoms with Gasteiger partial charge in [0.1, 0.15) is 16.7 Å². The van der Waals surface area contributed by atoms with Crippen LogP contribution in [0.25, 0.3) is 77.5 Å². The molecule has 8 aromatic carbocycles.